The fourth-order valence-corrected chi connectivity index (χ4v) is 2.66. The second-order valence-corrected chi connectivity index (χ2v) is 4.35. The van der Waals surface area contributed by atoms with E-state index in [9.17, 15) is 4.79 Å². The number of hydrogen-bond donors (Lipinski definition) is 1. The predicted octanol–water partition coefficient (Wildman–Crippen LogP) is 1.20. The van der Waals surface area contributed by atoms with Crippen molar-refractivity contribution in [2.45, 2.75) is 12.5 Å². The second kappa shape index (κ2) is 3.14. The highest BCUT2D eigenvalue weighted by Crippen LogP contribution is 2.37. The zero-order valence-electron chi connectivity index (χ0n) is 8.16. The van der Waals surface area contributed by atoms with Gasteiger partial charge < -0.3 is 10.2 Å². The van der Waals surface area contributed by atoms with Crippen LogP contribution >= 0.6 is 11.6 Å². The number of benzene rings is 1. The molecule has 0 aromatic heterocycles. The highest BCUT2D eigenvalue weighted by Gasteiger charge is 2.37. The molecule has 1 unspecified atom stereocenters. The van der Waals surface area contributed by atoms with Crippen LogP contribution in [0.1, 0.15) is 5.56 Å². The van der Waals surface area contributed by atoms with E-state index < -0.39 is 0 Å². The first kappa shape index (κ1) is 9.04. The Balaban J connectivity index is 2.08. The number of nitrogens with one attached hydrogen (secondary N) is 1. The van der Waals surface area contributed by atoms with Gasteiger partial charge in [-0.15, -0.1) is 0 Å². The topological polar surface area (TPSA) is 32.3 Å². The standard InChI is InChI=1S/C11H11ClN2O/c12-8-2-1-3-9-7(8)6-10-11(15)13-4-5-14(9)10/h1-3,10H,4-6H2,(H,13,15). The molecule has 0 bridgehead atoms. The minimum absolute atomic E-state index is 0.0475. The molecule has 0 spiro atoms. The van der Waals surface area contributed by atoms with E-state index in [1.807, 2.05) is 18.2 Å². The van der Waals surface area contributed by atoms with Crippen LogP contribution < -0.4 is 10.2 Å². The number of rotatable bonds is 0. The summed E-state index contributed by atoms with van der Waals surface area (Å²) in [4.78, 5) is 13.8. The lowest BCUT2D eigenvalue weighted by molar-refractivity contribution is -0.123. The molecule has 1 fully saturated rings. The Morgan fingerprint density at radius 1 is 1.47 bits per heavy atom. The summed E-state index contributed by atoms with van der Waals surface area (Å²) in [5.41, 5.74) is 2.24. The van der Waals surface area contributed by atoms with Gasteiger partial charge in [0.2, 0.25) is 5.91 Å². The van der Waals surface area contributed by atoms with Gasteiger partial charge in [-0.25, -0.2) is 0 Å². The maximum Gasteiger partial charge on any atom is 0.243 e. The van der Waals surface area contributed by atoms with Crippen LogP contribution in [0.4, 0.5) is 5.69 Å². The molecule has 1 atom stereocenters. The molecule has 78 valence electrons. The highest BCUT2D eigenvalue weighted by molar-refractivity contribution is 6.32. The zero-order valence-corrected chi connectivity index (χ0v) is 8.92. The zero-order chi connectivity index (χ0) is 10.4. The number of anilines is 1. The van der Waals surface area contributed by atoms with Gasteiger partial charge in [-0.3, -0.25) is 4.79 Å². The molecule has 3 rings (SSSR count). The van der Waals surface area contributed by atoms with Crippen molar-refractivity contribution in [2.75, 3.05) is 18.0 Å². The first-order valence-electron chi connectivity index (χ1n) is 5.09. The van der Waals surface area contributed by atoms with Crippen LogP contribution in [0, 0.1) is 0 Å². The summed E-state index contributed by atoms with van der Waals surface area (Å²) < 4.78 is 0. The lowest BCUT2D eigenvalue weighted by atomic mass is 10.1. The number of carbonyl (C=O) groups is 1. The summed E-state index contributed by atoms with van der Waals surface area (Å²) in [5, 5.41) is 3.66. The summed E-state index contributed by atoms with van der Waals surface area (Å²) in [6.45, 7) is 1.60. The smallest absolute Gasteiger partial charge is 0.243 e. The quantitative estimate of drug-likeness (QED) is 0.716. The molecule has 1 amide bonds. The highest BCUT2D eigenvalue weighted by atomic mass is 35.5. The number of piperazine rings is 1. The molecule has 2 aliphatic rings. The average Bonchev–Trinajstić information content (AvgIpc) is 2.60. The molecule has 0 radical (unpaired) electrons. The number of carbonyl (C=O) groups excluding carboxylic acids is 1. The van der Waals surface area contributed by atoms with E-state index >= 15 is 0 Å². The van der Waals surface area contributed by atoms with Gasteiger partial charge >= 0.3 is 0 Å². The van der Waals surface area contributed by atoms with Gasteiger partial charge in [0.1, 0.15) is 6.04 Å². The van der Waals surface area contributed by atoms with Crippen molar-refractivity contribution >= 4 is 23.2 Å². The van der Waals surface area contributed by atoms with E-state index in [1.165, 1.54) is 0 Å². The van der Waals surface area contributed by atoms with Crippen LogP contribution in [0.25, 0.3) is 0 Å². The largest absolute Gasteiger partial charge is 0.357 e. The second-order valence-electron chi connectivity index (χ2n) is 3.94. The summed E-state index contributed by atoms with van der Waals surface area (Å²) in [6.07, 6.45) is 0.737. The average molecular weight is 223 g/mol. The van der Waals surface area contributed by atoms with E-state index in [-0.39, 0.29) is 11.9 Å². The summed E-state index contributed by atoms with van der Waals surface area (Å²) in [6, 6.07) is 5.82. The first-order chi connectivity index (χ1) is 7.27. The molecule has 0 aliphatic carbocycles. The Morgan fingerprint density at radius 2 is 2.33 bits per heavy atom. The predicted molar refractivity (Wildman–Crippen MR) is 59.3 cm³/mol. The Kier molecular flexibility index (Phi) is 1.89. The van der Waals surface area contributed by atoms with Gasteiger partial charge in [-0.1, -0.05) is 17.7 Å². The Hall–Kier alpha value is -1.22. The fourth-order valence-electron chi connectivity index (χ4n) is 2.42. The normalized spacial score (nSPS) is 23.4. The van der Waals surface area contributed by atoms with E-state index in [0.29, 0.717) is 0 Å². The molecule has 2 heterocycles. The third-order valence-electron chi connectivity index (χ3n) is 3.13. The van der Waals surface area contributed by atoms with Crippen LogP contribution in [-0.2, 0) is 11.2 Å². The minimum Gasteiger partial charge on any atom is -0.357 e. The van der Waals surface area contributed by atoms with E-state index in [0.717, 1.165) is 35.8 Å². The molecular formula is C11H11ClN2O. The van der Waals surface area contributed by atoms with Crippen molar-refractivity contribution < 1.29 is 4.79 Å². The Bertz CT molecular complexity index is 433. The van der Waals surface area contributed by atoms with Crippen LogP contribution in [0.15, 0.2) is 18.2 Å². The number of amides is 1. The van der Waals surface area contributed by atoms with Gasteiger partial charge in [0.25, 0.3) is 0 Å². The number of halogens is 1. The third-order valence-corrected chi connectivity index (χ3v) is 3.49. The molecule has 3 nitrogen and oxygen atoms in total. The first-order valence-corrected chi connectivity index (χ1v) is 5.47. The molecule has 2 aliphatic heterocycles. The van der Waals surface area contributed by atoms with Crippen molar-refractivity contribution in [3.8, 4) is 0 Å². The lowest BCUT2D eigenvalue weighted by Gasteiger charge is -2.31. The lowest BCUT2D eigenvalue weighted by Crippen LogP contribution is -2.53. The molecule has 15 heavy (non-hydrogen) atoms. The van der Waals surface area contributed by atoms with Crippen LogP contribution in [0.5, 0.6) is 0 Å². The van der Waals surface area contributed by atoms with E-state index in [2.05, 4.69) is 10.2 Å². The van der Waals surface area contributed by atoms with E-state index in [1.54, 1.807) is 0 Å². The van der Waals surface area contributed by atoms with Gasteiger partial charge in [-0.05, 0) is 17.7 Å². The Labute approximate surface area is 93.0 Å². The molecule has 1 aromatic carbocycles. The van der Waals surface area contributed by atoms with E-state index in [4.69, 9.17) is 11.6 Å². The van der Waals surface area contributed by atoms with Crippen molar-refractivity contribution in [3.63, 3.8) is 0 Å². The Morgan fingerprint density at radius 3 is 3.20 bits per heavy atom. The van der Waals surface area contributed by atoms with Gasteiger partial charge in [0.05, 0.1) is 0 Å². The fraction of sp³-hybridized carbons (Fsp3) is 0.364. The van der Waals surface area contributed by atoms with Crippen molar-refractivity contribution in [2.24, 2.45) is 0 Å². The molecular weight excluding hydrogens is 212 g/mol. The molecule has 1 aromatic rings. The summed E-state index contributed by atoms with van der Waals surface area (Å²) in [7, 11) is 0. The number of nitrogens with zero attached hydrogens (tertiary/aromatic N) is 1. The van der Waals surface area contributed by atoms with Crippen LogP contribution in [-0.4, -0.2) is 25.0 Å². The van der Waals surface area contributed by atoms with Crippen LogP contribution in [0.2, 0.25) is 5.02 Å². The molecule has 1 saturated heterocycles. The monoisotopic (exact) mass is 222 g/mol. The third kappa shape index (κ3) is 1.23. The SMILES string of the molecule is O=C1NCCN2c3cccc(Cl)c3CC12. The van der Waals surface area contributed by atoms with Gasteiger partial charge in [0, 0.05) is 30.2 Å². The van der Waals surface area contributed by atoms with Gasteiger partial charge in [-0.2, -0.15) is 0 Å². The summed E-state index contributed by atoms with van der Waals surface area (Å²) >= 11 is 6.12. The molecule has 4 heteroatoms. The maximum atomic E-state index is 11.7. The summed E-state index contributed by atoms with van der Waals surface area (Å²) in [5.74, 6) is 0.119. The minimum atomic E-state index is -0.0475. The maximum absolute atomic E-state index is 11.7. The van der Waals surface area contributed by atoms with Gasteiger partial charge in [0.15, 0.2) is 0 Å². The van der Waals surface area contributed by atoms with Crippen LogP contribution in [0.3, 0.4) is 0 Å². The van der Waals surface area contributed by atoms with Crippen molar-refractivity contribution in [1.29, 1.82) is 0 Å². The molecule has 0 saturated carbocycles. The van der Waals surface area contributed by atoms with Crippen molar-refractivity contribution in [1.82, 2.24) is 5.32 Å². The number of fused-ring (bicyclic) bond motifs is 3. The number of hydrogen-bond acceptors (Lipinski definition) is 2. The van der Waals surface area contributed by atoms with Crippen molar-refractivity contribution in [3.05, 3.63) is 28.8 Å². The molecule has 1 N–H and O–H groups in total.